The van der Waals surface area contributed by atoms with Crippen LogP contribution in [0, 0.1) is 24.7 Å². The average Bonchev–Trinajstić information content (AvgIpc) is 2.83. The summed E-state index contributed by atoms with van der Waals surface area (Å²) in [5, 5.41) is 36.5. The summed E-state index contributed by atoms with van der Waals surface area (Å²) in [6.45, 7) is 3.86. The van der Waals surface area contributed by atoms with Gasteiger partial charge in [0, 0.05) is 27.7 Å². The molecule has 0 aromatic heterocycles. The van der Waals surface area contributed by atoms with Gasteiger partial charge in [0.2, 0.25) is 0 Å². The highest BCUT2D eigenvalue weighted by molar-refractivity contribution is 5.68. The fourth-order valence-corrected chi connectivity index (χ4v) is 3.60. The minimum atomic E-state index is -1.38. The van der Waals surface area contributed by atoms with E-state index < -0.39 is 91.5 Å². The molecule has 0 saturated carbocycles. The summed E-state index contributed by atoms with van der Waals surface area (Å²) in [5.41, 5.74) is 0. The van der Waals surface area contributed by atoms with Crippen molar-refractivity contribution in [3.63, 3.8) is 0 Å². The zero-order valence-electron chi connectivity index (χ0n) is 21.2. The van der Waals surface area contributed by atoms with Crippen molar-refractivity contribution in [3.8, 4) is 24.7 Å². The molecule has 2 rings (SSSR count). The van der Waals surface area contributed by atoms with Crippen molar-refractivity contribution < 1.29 is 68.0 Å². The molecule has 2 heterocycles. The van der Waals surface area contributed by atoms with Gasteiger partial charge in [-0.05, 0) is 0 Å². The second kappa shape index (κ2) is 15.2. The summed E-state index contributed by atoms with van der Waals surface area (Å²) in [4.78, 5) is 45.3. The minimum Gasteiger partial charge on any atom is -0.463 e. The number of rotatable bonds is 6. The first-order chi connectivity index (χ1) is 17.8. The number of aliphatic hydroxyl groups is 4. The maximum Gasteiger partial charge on any atom is 0.303 e. The lowest BCUT2D eigenvalue weighted by molar-refractivity contribution is -0.242. The van der Waals surface area contributed by atoms with Gasteiger partial charge >= 0.3 is 23.9 Å². The number of terminal acetylenes is 2. The molecule has 2 fully saturated rings. The van der Waals surface area contributed by atoms with Crippen LogP contribution in [0.1, 0.15) is 27.7 Å². The fourth-order valence-electron chi connectivity index (χ4n) is 3.60. The number of hydrogen-bond acceptors (Lipinski definition) is 14. The lowest BCUT2D eigenvalue weighted by Gasteiger charge is -2.42. The molecule has 0 radical (unpaired) electrons. The molecular weight excluding hydrogens is 512 g/mol. The Hall–Kier alpha value is -3.24. The number of esters is 4. The van der Waals surface area contributed by atoms with Gasteiger partial charge in [0.25, 0.3) is 0 Å². The van der Waals surface area contributed by atoms with E-state index in [9.17, 15) is 34.5 Å². The monoisotopic (exact) mass is 544 g/mol. The van der Waals surface area contributed by atoms with E-state index in [4.69, 9.17) is 46.4 Å². The highest BCUT2D eigenvalue weighted by Gasteiger charge is 2.51. The smallest absolute Gasteiger partial charge is 0.303 e. The topological polar surface area (TPSA) is 205 Å². The van der Waals surface area contributed by atoms with Crippen molar-refractivity contribution >= 4 is 23.9 Å². The molecule has 2 aliphatic heterocycles. The minimum absolute atomic E-state index is 0.296. The van der Waals surface area contributed by atoms with Gasteiger partial charge in [0.05, 0.1) is 6.61 Å². The molecule has 0 unspecified atom stereocenters. The van der Waals surface area contributed by atoms with E-state index in [-0.39, 0.29) is 6.61 Å². The molecule has 0 bridgehead atoms. The second-order valence-electron chi connectivity index (χ2n) is 8.20. The van der Waals surface area contributed by atoms with Gasteiger partial charge in [-0.3, -0.25) is 19.2 Å². The second-order valence-corrected chi connectivity index (χ2v) is 8.20. The number of ether oxygens (including phenoxy) is 6. The fraction of sp³-hybridized carbons (Fsp3) is 0.667. The van der Waals surface area contributed by atoms with E-state index >= 15 is 0 Å². The predicted octanol–water partition coefficient (Wildman–Crippen LogP) is -2.79. The van der Waals surface area contributed by atoms with E-state index in [2.05, 4.69) is 11.8 Å². The zero-order chi connectivity index (χ0) is 29.2. The molecule has 4 N–H and O–H groups in total. The lowest BCUT2D eigenvalue weighted by atomic mass is 9.94. The molecule has 2 saturated heterocycles. The van der Waals surface area contributed by atoms with Crippen LogP contribution < -0.4 is 0 Å². The van der Waals surface area contributed by atoms with Crippen LogP contribution in [-0.2, 0) is 47.6 Å². The third kappa shape index (κ3) is 9.25. The third-order valence-corrected chi connectivity index (χ3v) is 5.21. The largest absolute Gasteiger partial charge is 0.463 e. The number of carbonyl (C=O) groups is 4. The van der Waals surface area contributed by atoms with Crippen molar-refractivity contribution in [2.45, 2.75) is 88.7 Å². The van der Waals surface area contributed by atoms with Crippen molar-refractivity contribution in [2.75, 3.05) is 13.2 Å². The van der Waals surface area contributed by atoms with E-state index in [1.807, 2.05) is 0 Å². The molecule has 0 spiro atoms. The van der Waals surface area contributed by atoms with Gasteiger partial charge < -0.3 is 48.8 Å². The van der Waals surface area contributed by atoms with Crippen LogP contribution in [0.25, 0.3) is 0 Å². The Morgan fingerprint density at radius 1 is 0.684 bits per heavy atom. The Labute approximate surface area is 219 Å². The molecule has 0 amide bonds. The molecular formula is C24H32O14. The van der Waals surface area contributed by atoms with Crippen LogP contribution in [0.2, 0.25) is 0 Å². The zero-order valence-corrected chi connectivity index (χ0v) is 21.2. The van der Waals surface area contributed by atoms with Crippen LogP contribution in [0.3, 0.4) is 0 Å². The van der Waals surface area contributed by atoms with Crippen molar-refractivity contribution in [2.24, 2.45) is 0 Å². The molecule has 0 aromatic carbocycles. The van der Waals surface area contributed by atoms with Crippen LogP contribution in [0.4, 0.5) is 0 Å². The lowest BCUT2D eigenvalue weighted by Crippen LogP contribution is -2.62. The van der Waals surface area contributed by atoms with Crippen LogP contribution >= 0.6 is 0 Å². The van der Waals surface area contributed by atoms with Gasteiger partial charge in [0.15, 0.2) is 24.4 Å². The van der Waals surface area contributed by atoms with Gasteiger partial charge in [0.1, 0.15) is 43.2 Å². The summed E-state index contributed by atoms with van der Waals surface area (Å²) in [5.74, 6) is 1.72. The molecule has 14 nitrogen and oxygen atoms in total. The standard InChI is InChI=1S/C16H20O9.C8H12O5/c1-6-12-14(22-9(3)18)16(24-11(5)20)15(23-10(4)19)13(25-12)7-21-8(2)17;1-2-4-6(10)8(12)7(11)5(3-9)13-4/h1,12-16H,7H2,2-5H3;1,4-12H,3H2/t12-,13+,14-,15+,16+;4-,5+,6-,7+,8+/m00/s1. The molecule has 14 heteroatoms. The Morgan fingerprint density at radius 3 is 1.61 bits per heavy atom. The Morgan fingerprint density at radius 2 is 1.16 bits per heavy atom. The maximum absolute atomic E-state index is 11.5. The highest BCUT2D eigenvalue weighted by atomic mass is 16.7. The SMILES string of the molecule is C#C[C@@H]1O[C@H](CO)[C@@H](O)[C@H](O)[C@H]1O.C#C[C@@H]1O[C@H](COC(C)=O)[C@@H](OC(C)=O)[C@H](OC(C)=O)[C@H]1OC(C)=O. The summed E-state index contributed by atoms with van der Waals surface area (Å²) in [7, 11) is 0. The first-order valence-corrected chi connectivity index (χ1v) is 11.3. The Balaban J connectivity index is 0.000000464. The quantitative estimate of drug-likeness (QED) is 0.152. The van der Waals surface area contributed by atoms with Gasteiger partial charge in [-0.25, -0.2) is 0 Å². The van der Waals surface area contributed by atoms with E-state index in [0.717, 1.165) is 20.8 Å². The van der Waals surface area contributed by atoms with E-state index in [1.54, 1.807) is 0 Å². The third-order valence-electron chi connectivity index (χ3n) is 5.21. The summed E-state index contributed by atoms with van der Waals surface area (Å²) in [6, 6.07) is 0. The van der Waals surface area contributed by atoms with Crippen molar-refractivity contribution in [3.05, 3.63) is 0 Å². The van der Waals surface area contributed by atoms with Gasteiger partial charge in [-0.2, -0.15) is 0 Å². The van der Waals surface area contributed by atoms with Crippen molar-refractivity contribution in [1.29, 1.82) is 0 Å². The number of hydrogen-bond donors (Lipinski definition) is 4. The van der Waals surface area contributed by atoms with Crippen LogP contribution in [0.5, 0.6) is 0 Å². The summed E-state index contributed by atoms with van der Waals surface area (Å²) < 4.78 is 30.8. The Bertz CT molecular complexity index is 918. The molecule has 10 atom stereocenters. The average molecular weight is 545 g/mol. The first-order valence-electron chi connectivity index (χ1n) is 11.3. The van der Waals surface area contributed by atoms with E-state index in [1.165, 1.54) is 6.92 Å². The number of carbonyl (C=O) groups excluding carboxylic acids is 4. The van der Waals surface area contributed by atoms with Crippen LogP contribution in [0.15, 0.2) is 0 Å². The highest BCUT2D eigenvalue weighted by Crippen LogP contribution is 2.29. The maximum atomic E-state index is 11.5. The van der Waals surface area contributed by atoms with Gasteiger partial charge in [-0.15, -0.1) is 12.8 Å². The summed E-state index contributed by atoms with van der Waals surface area (Å²) >= 11 is 0. The molecule has 212 valence electrons. The predicted molar refractivity (Wildman–Crippen MR) is 123 cm³/mol. The van der Waals surface area contributed by atoms with E-state index in [0.29, 0.717) is 0 Å². The normalized spacial score (nSPS) is 34.2. The molecule has 2 aliphatic rings. The Kier molecular flexibility index (Phi) is 13.1. The molecule has 0 aromatic rings. The molecule has 38 heavy (non-hydrogen) atoms. The van der Waals surface area contributed by atoms with Crippen molar-refractivity contribution in [1.82, 2.24) is 0 Å². The van der Waals surface area contributed by atoms with Crippen LogP contribution in [-0.4, -0.2) is 119 Å². The first kappa shape index (κ1) is 32.8. The van der Waals surface area contributed by atoms with Gasteiger partial charge in [-0.1, -0.05) is 11.8 Å². The number of aliphatic hydroxyl groups excluding tert-OH is 4. The molecule has 0 aliphatic carbocycles. The summed E-state index contributed by atoms with van der Waals surface area (Å²) in [6.07, 6.45) is -1.24.